The summed E-state index contributed by atoms with van der Waals surface area (Å²) < 4.78 is 0. The lowest BCUT2D eigenvalue weighted by molar-refractivity contribution is -0.120. The molecule has 6 heteroatoms. The van der Waals surface area contributed by atoms with Crippen molar-refractivity contribution in [2.75, 3.05) is 0 Å². The first-order valence-corrected chi connectivity index (χ1v) is 8.06. The Morgan fingerprint density at radius 1 is 1.48 bits per heavy atom. The van der Waals surface area contributed by atoms with E-state index >= 15 is 0 Å². The number of amidine groups is 1. The highest BCUT2D eigenvalue weighted by atomic mass is 35.5. The van der Waals surface area contributed by atoms with E-state index in [1.54, 1.807) is 18.2 Å². The standard InChI is InChI=1S/C17H16ClN3O2/c1-9(10-2-3-10)6-15(22)13(8-19)16-20-14-7-11(18)4-5-12(14)17(23)21-16/h4-5,7,9-10,12-13H,2-3,6H2,1H3. The van der Waals surface area contributed by atoms with E-state index < -0.39 is 17.7 Å². The molecule has 0 saturated heterocycles. The number of amides is 1. The summed E-state index contributed by atoms with van der Waals surface area (Å²) in [6, 6.07) is 1.95. The van der Waals surface area contributed by atoms with E-state index in [2.05, 4.69) is 9.98 Å². The first-order chi connectivity index (χ1) is 11.0. The maximum atomic E-state index is 12.4. The van der Waals surface area contributed by atoms with Gasteiger partial charge in [0.1, 0.15) is 5.92 Å². The Labute approximate surface area is 139 Å². The zero-order valence-electron chi connectivity index (χ0n) is 12.7. The summed E-state index contributed by atoms with van der Waals surface area (Å²) in [5.74, 6) is -1.46. The van der Waals surface area contributed by atoms with E-state index in [0.717, 1.165) is 12.8 Å². The van der Waals surface area contributed by atoms with Gasteiger partial charge in [0, 0.05) is 11.5 Å². The summed E-state index contributed by atoms with van der Waals surface area (Å²) in [7, 11) is 0. The fourth-order valence-corrected chi connectivity index (χ4v) is 3.07. The summed E-state index contributed by atoms with van der Waals surface area (Å²) in [6.45, 7) is 2.02. The smallest absolute Gasteiger partial charge is 0.260 e. The first kappa shape index (κ1) is 15.8. The fraction of sp³-hybridized carbons (Fsp3) is 0.471. The minimum Gasteiger partial charge on any atom is -0.298 e. The summed E-state index contributed by atoms with van der Waals surface area (Å²) in [4.78, 5) is 32.7. The lowest BCUT2D eigenvalue weighted by atomic mass is 9.91. The normalized spacial score (nSPS) is 25.5. The quantitative estimate of drug-likeness (QED) is 0.777. The highest BCUT2D eigenvalue weighted by Crippen LogP contribution is 2.38. The average Bonchev–Trinajstić information content (AvgIpc) is 3.32. The van der Waals surface area contributed by atoms with Gasteiger partial charge in [-0.15, -0.1) is 0 Å². The molecule has 1 heterocycles. The lowest BCUT2D eigenvalue weighted by Gasteiger charge is -2.20. The van der Waals surface area contributed by atoms with Gasteiger partial charge in [0.15, 0.2) is 17.5 Å². The van der Waals surface area contributed by atoms with Crippen LogP contribution in [-0.2, 0) is 9.59 Å². The van der Waals surface area contributed by atoms with E-state index in [0.29, 0.717) is 23.1 Å². The predicted octanol–water partition coefficient (Wildman–Crippen LogP) is 2.82. The number of fused-ring (bicyclic) bond motifs is 1. The van der Waals surface area contributed by atoms with Crippen molar-refractivity contribution < 1.29 is 9.59 Å². The predicted molar refractivity (Wildman–Crippen MR) is 87.1 cm³/mol. The van der Waals surface area contributed by atoms with Crippen LogP contribution >= 0.6 is 11.6 Å². The lowest BCUT2D eigenvalue weighted by Crippen LogP contribution is -2.32. The number of aliphatic imine (C=N–C) groups is 2. The summed E-state index contributed by atoms with van der Waals surface area (Å²) in [5.41, 5.74) is 0.441. The van der Waals surface area contributed by atoms with E-state index in [4.69, 9.17) is 11.6 Å². The van der Waals surface area contributed by atoms with Crippen molar-refractivity contribution >= 4 is 34.8 Å². The van der Waals surface area contributed by atoms with E-state index in [-0.39, 0.29) is 17.5 Å². The number of hydrogen-bond donors (Lipinski definition) is 0. The highest BCUT2D eigenvalue weighted by molar-refractivity contribution is 6.35. The molecule has 2 aliphatic carbocycles. The van der Waals surface area contributed by atoms with E-state index in [1.165, 1.54) is 0 Å². The molecule has 1 amide bonds. The van der Waals surface area contributed by atoms with Gasteiger partial charge in [-0.1, -0.05) is 24.6 Å². The van der Waals surface area contributed by atoms with E-state index in [9.17, 15) is 14.9 Å². The zero-order valence-corrected chi connectivity index (χ0v) is 13.5. The molecule has 5 nitrogen and oxygen atoms in total. The second-order valence-electron chi connectivity index (χ2n) is 6.26. The van der Waals surface area contributed by atoms with Crippen molar-refractivity contribution in [3.8, 4) is 6.07 Å². The summed E-state index contributed by atoms with van der Waals surface area (Å²) in [6.07, 6.45) is 7.43. The van der Waals surface area contributed by atoms with Gasteiger partial charge in [-0.05, 0) is 36.8 Å². The zero-order chi connectivity index (χ0) is 16.6. The van der Waals surface area contributed by atoms with Crippen LogP contribution in [0, 0.1) is 35.0 Å². The van der Waals surface area contributed by atoms with Gasteiger partial charge in [-0.25, -0.2) is 4.99 Å². The molecule has 1 aliphatic heterocycles. The fourth-order valence-electron chi connectivity index (χ4n) is 2.89. The number of Topliss-reactive ketones (excluding diaryl/α,β-unsaturated/α-hetero) is 1. The molecular formula is C17H16ClN3O2. The second-order valence-corrected chi connectivity index (χ2v) is 6.69. The monoisotopic (exact) mass is 329 g/mol. The number of allylic oxidation sites excluding steroid dienone is 3. The van der Waals surface area contributed by atoms with Crippen LogP contribution in [0.5, 0.6) is 0 Å². The van der Waals surface area contributed by atoms with Crippen LogP contribution in [0.3, 0.4) is 0 Å². The molecule has 1 fully saturated rings. The van der Waals surface area contributed by atoms with Crippen LogP contribution in [0.2, 0.25) is 0 Å². The number of hydrogen-bond acceptors (Lipinski definition) is 4. The van der Waals surface area contributed by atoms with Gasteiger partial charge < -0.3 is 0 Å². The molecule has 118 valence electrons. The number of ketones is 1. The van der Waals surface area contributed by atoms with Crippen molar-refractivity contribution in [3.05, 3.63) is 23.3 Å². The van der Waals surface area contributed by atoms with Gasteiger partial charge >= 0.3 is 0 Å². The Hall–Kier alpha value is -2.06. The van der Waals surface area contributed by atoms with Gasteiger partial charge in [-0.3, -0.25) is 9.59 Å². The molecule has 0 N–H and O–H groups in total. The summed E-state index contributed by atoms with van der Waals surface area (Å²) >= 11 is 5.93. The number of carbonyl (C=O) groups is 2. The van der Waals surface area contributed by atoms with E-state index in [1.807, 2.05) is 13.0 Å². The third-order valence-corrected chi connectivity index (χ3v) is 4.68. The number of carbonyl (C=O) groups excluding carboxylic acids is 2. The maximum absolute atomic E-state index is 12.4. The van der Waals surface area contributed by atoms with Gasteiger partial charge in [-0.2, -0.15) is 10.3 Å². The molecular weight excluding hydrogens is 314 g/mol. The molecule has 23 heavy (non-hydrogen) atoms. The first-order valence-electron chi connectivity index (χ1n) is 7.68. The summed E-state index contributed by atoms with van der Waals surface area (Å²) in [5, 5.41) is 9.82. The van der Waals surface area contributed by atoms with Crippen LogP contribution in [0.25, 0.3) is 0 Å². The maximum Gasteiger partial charge on any atom is 0.260 e. The third-order valence-electron chi connectivity index (χ3n) is 4.45. The van der Waals surface area contributed by atoms with Crippen LogP contribution in [0.1, 0.15) is 26.2 Å². The minimum atomic E-state index is -1.09. The Bertz CT molecular complexity index is 723. The minimum absolute atomic E-state index is 0.00670. The Balaban J connectivity index is 1.81. The van der Waals surface area contributed by atoms with Gasteiger partial charge in [0.2, 0.25) is 0 Å². The van der Waals surface area contributed by atoms with Crippen molar-refractivity contribution in [2.24, 2.45) is 33.7 Å². The molecule has 0 aromatic carbocycles. The average molecular weight is 330 g/mol. The largest absolute Gasteiger partial charge is 0.298 e. The Morgan fingerprint density at radius 3 is 2.87 bits per heavy atom. The van der Waals surface area contributed by atoms with Crippen molar-refractivity contribution in [2.45, 2.75) is 26.2 Å². The van der Waals surface area contributed by atoms with Crippen LogP contribution in [-0.4, -0.2) is 23.2 Å². The van der Waals surface area contributed by atoms with Crippen LogP contribution in [0.15, 0.2) is 33.2 Å². The van der Waals surface area contributed by atoms with Crippen LogP contribution < -0.4 is 0 Å². The molecule has 3 unspecified atom stereocenters. The Morgan fingerprint density at radius 2 is 2.22 bits per heavy atom. The second kappa shape index (κ2) is 6.21. The number of nitriles is 1. The number of rotatable bonds is 5. The number of halogens is 1. The Kier molecular flexibility index (Phi) is 4.27. The van der Waals surface area contributed by atoms with Crippen molar-refractivity contribution in [3.63, 3.8) is 0 Å². The molecule has 0 bridgehead atoms. The number of nitrogens with zero attached hydrogens (tertiary/aromatic N) is 3. The topological polar surface area (TPSA) is 82.6 Å². The molecule has 0 radical (unpaired) electrons. The van der Waals surface area contributed by atoms with Gasteiger partial charge in [0.25, 0.3) is 5.91 Å². The molecule has 1 saturated carbocycles. The molecule has 3 rings (SSSR count). The molecule has 3 aliphatic rings. The third kappa shape index (κ3) is 3.32. The molecule has 0 spiro atoms. The molecule has 3 atom stereocenters. The van der Waals surface area contributed by atoms with Crippen molar-refractivity contribution in [1.82, 2.24) is 0 Å². The van der Waals surface area contributed by atoms with Crippen molar-refractivity contribution in [1.29, 1.82) is 5.26 Å². The van der Waals surface area contributed by atoms with Crippen LogP contribution in [0.4, 0.5) is 0 Å². The van der Waals surface area contributed by atoms with Gasteiger partial charge in [0.05, 0.1) is 11.8 Å². The SMILES string of the molecule is CC(CC(=O)C(C#N)C1=NC(=O)C2C=CC(Cl)=CC2=N1)C1CC1. The molecule has 0 aromatic rings. The molecule has 0 aromatic heterocycles. The highest BCUT2D eigenvalue weighted by Gasteiger charge is 2.35.